The van der Waals surface area contributed by atoms with Crippen LogP contribution in [0.3, 0.4) is 0 Å². The highest BCUT2D eigenvalue weighted by molar-refractivity contribution is 8.00. The zero-order valence-corrected chi connectivity index (χ0v) is 27.4. The predicted octanol–water partition coefficient (Wildman–Crippen LogP) is 9.72. The van der Waals surface area contributed by atoms with E-state index in [2.05, 4.69) is 75.4 Å². The third kappa shape index (κ3) is 6.57. The second-order valence-electron chi connectivity index (χ2n) is 12.3. The molecule has 0 amide bonds. The van der Waals surface area contributed by atoms with Crippen molar-refractivity contribution >= 4 is 39.9 Å². The normalized spacial score (nSPS) is 26.1. The molecule has 0 N–H and O–H groups in total. The number of rotatable bonds is 7. The quantitative estimate of drug-likeness (QED) is 0.205. The lowest BCUT2D eigenvalue weighted by Gasteiger charge is -2.49. The van der Waals surface area contributed by atoms with E-state index in [1.54, 1.807) is 0 Å². The first-order chi connectivity index (χ1) is 20.8. The van der Waals surface area contributed by atoms with E-state index in [9.17, 15) is 9.00 Å². The second-order valence-corrected chi connectivity index (χ2v) is 15.7. The second kappa shape index (κ2) is 13.1. The minimum atomic E-state index is -1.28. The number of fused-ring (bicyclic) bond motifs is 1. The molecule has 0 aliphatic heterocycles. The molecule has 0 heterocycles. The van der Waals surface area contributed by atoms with Gasteiger partial charge in [0.05, 0.1) is 16.0 Å². The number of aryl methyl sites for hydroxylation is 3. The van der Waals surface area contributed by atoms with Crippen molar-refractivity contribution in [2.45, 2.75) is 78.6 Å². The first-order valence-corrected chi connectivity index (χ1v) is 17.9. The van der Waals surface area contributed by atoms with Crippen molar-refractivity contribution in [1.29, 1.82) is 0 Å². The Morgan fingerprint density at radius 2 is 1.47 bits per heavy atom. The Balaban J connectivity index is 1.42. The summed E-state index contributed by atoms with van der Waals surface area (Å²) in [5, 5.41) is 0.738. The van der Waals surface area contributed by atoms with Crippen LogP contribution in [0.1, 0.15) is 65.8 Å². The van der Waals surface area contributed by atoms with E-state index >= 15 is 0 Å². The largest absolute Gasteiger partial charge is 0.299 e. The first-order valence-electron chi connectivity index (χ1n) is 15.4. The standard InChI is InChI=1S/C38H39ClO2S2/c1-4-26-12-14-27(15-13-26)32-21-35-34(23-37(32)42-30-16-8-24(2)9-17-30)36(40)22-33(28-6-5-7-29(39)20-28)38(35)43(41)31-18-10-25(3)11-19-31/h5-20,32-35,37-38H,4,21-23H2,1-3H3/t32?,33?,34-,35+,37?,38?,43?/m1/s1. The van der Waals surface area contributed by atoms with Crippen LogP contribution in [0.5, 0.6) is 0 Å². The summed E-state index contributed by atoms with van der Waals surface area (Å²) < 4.78 is 14.6. The molecule has 7 atom stereocenters. The fraction of sp³-hybridized carbons (Fsp3) is 0.342. The third-order valence-corrected chi connectivity index (χ3v) is 13.0. The summed E-state index contributed by atoms with van der Waals surface area (Å²) in [5.41, 5.74) is 6.05. The summed E-state index contributed by atoms with van der Waals surface area (Å²) in [4.78, 5) is 16.2. The molecule has 0 radical (unpaired) electrons. The molecule has 0 bridgehead atoms. The summed E-state index contributed by atoms with van der Waals surface area (Å²) >= 11 is 8.37. The molecule has 2 aliphatic carbocycles. The summed E-state index contributed by atoms with van der Waals surface area (Å²) in [7, 11) is -1.28. The topological polar surface area (TPSA) is 34.1 Å². The van der Waals surface area contributed by atoms with Gasteiger partial charge in [0.2, 0.25) is 0 Å². The van der Waals surface area contributed by atoms with Gasteiger partial charge in [0.15, 0.2) is 0 Å². The van der Waals surface area contributed by atoms with Crippen LogP contribution in [0.2, 0.25) is 5.02 Å². The fourth-order valence-corrected chi connectivity index (χ4v) is 10.6. The fourth-order valence-electron chi connectivity index (χ4n) is 7.17. The molecule has 0 saturated heterocycles. The van der Waals surface area contributed by atoms with Crippen LogP contribution in [0.15, 0.2) is 107 Å². The Morgan fingerprint density at radius 1 is 0.791 bits per heavy atom. The number of thioether (sulfide) groups is 1. The van der Waals surface area contributed by atoms with Gasteiger partial charge in [0.25, 0.3) is 0 Å². The van der Waals surface area contributed by atoms with Gasteiger partial charge in [-0.1, -0.05) is 90.3 Å². The Morgan fingerprint density at radius 3 is 2.12 bits per heavy atom. The maximum atomic E-state index is 14.6. The zero-order valence-electron chi connectivity index (χ0n) is 25.0. The molecule has 43 heavy (non-hydrogen) atoms. The molecule has 5 unspecified atom stereocenters. The SMILES string of the molecule is CCc1ccc(C2C[C@@H]3C(S(=O)c4ccc(C)cc4)C(c4cccc(Cl)c4)CC(=O)[C@@H]3CC2Sc2ccc(C)cc2)cc1. The summed E-state index contributed by atoms with van der Waals surface area (Å²) in [6.07, 6.45) is 3.04. The summed E-state index contributed by atoms with van der Waals surface area (Å²) in [6, 6.07) is 33.8. The molecule has 0 aromatic heterocycles. The van der Waals surface area contributed by atoms with Crippen LogP contribution in [0.25, 0.3) is 0 Å². The number of hydrogen-bond acceptors (Lipinski definition) is 3. The molecule has 2 aliphatic rings. The number of carbonyl (C=O) groups is 1. The minimum Gasteiger partial charge on any atom is -0.299 e. The Hall–Kier alpha value is -2.66. The number of halogens is 1. The number of hydrogen-bond donors (Lipinski definition) is 0. The van der Waals surface area contributed by atoms with Gasteiger partial charge < -0.3 is 0 Å². The van der Waals surface area contributed by atoms with Gasteiger partial charge in [0.1, 0.15) is 5.78 Å². The van der Waals surface area contributed by atoms with Crippen LogP contribution < -0.4 is 0 Å². The Bertz CT molecular complexity index is 1600. The molecule has 5 heteroatoms. The average Bonchev–Trinajstić information content (AvgIpc) is 3.02. The zero-order chi connectivity index (χ0) is 30.1. The number of benzene rings is 4. The van der Waals surface area contributed by atoms with Crippen molar-refractivity contribution in [2.24, 2.45) is 11.8 Å². The molecule has 2 nitrogen and oxygen atoms in total. The van der Waals surface area contributed by atoms with Crippen molar-refractivity contribution in [1.82, 2.24) is 0 Å². The van der Waals surface area contributed by atoms with E-state index in [4.69, 9.17) is 11.6 Å². The molecule has 0 spiro atoms. The van der Waals surface area contributed by atoms with Gasteiger partial charge in [0, 0.05) is 38.3 Å². The van der Waals surface area contributed by atoms with Gasteiger partial charge >= 0.3 is 0 Å². The van der Waals surface area contributed by atoms with Crippen LogP contribution in [-0.4, -0.2) is 20.5 Å². The Labute approximate surface area is 268 Å². The van der Waals surface area contributed by atoms with Gasteiger partial charge in [-0.15, -0.1) is 11.8 Å². The minimum absolute atomic E-state index is 0.0121. The monoisotopic (exact) mass is 626 g/mol. The molecule has 222 valence electrons. The lowest BCUT2D eigenvalue weighted by Crippen LogP contribution is -2.50. The Kier molecular flexibility index (Phi) is 9.28. The maximum absolute atomic E-state index is 14.6. The molecular formula is C38H39ClO2S2. The van der Waals surface area contributed by atoms with Crippen molar-refractivity contribution in [3.63, 3.8) is 0 Å². The predicted molar refractivity (Wildman–Crippen MR) is 181 cm³/mol. The number of Topliss-reactive ketones (excluding diaryl/α,β-unsaturated/α-hetero) is 1. The lowest BCUT2D eigenvalue weighted by atomic mass is 9.61. The first kappa shape index (κ1) is 30.4. The van der Waals surface area contributed by atoms with Gasteiger partial charge in [-0.2, -0.15) is 0 Å². The number of ketones is 1. The van der Waals surface area contributed by atoms with Crippen LogP contribution in [-0.2, 0) is 22.0 Å². The van der Waals surface area contributed by atoms with Crippen molar-refractivity contribution < 1.29 is 9.00 Å². The van der Waals surface area contributed by atoms with Gasteiger partial charge in [-0.05, 0) is 98.0 Å². The van der Waals surface area contributed by atoms with Crippen LogP contribution in [0.4, 0.5) is 0 Å². The molecule has 2 saturated carbocycles. The molecular weight excluding hydrogens is 588 g/mol. The third-order valence-electron chi connectivity index (χ3n) is 9.53. The van der Waals surface area contributed by atoms with Gasteiger partial charge in [-0.3, -0.25) is 9.00 Å². The molecule has 2 fully saturated rings. The summed E-state index contributed by atoms with van der Waals surface area (Å²) in [5.74, 6) is 0.323. The maximum Gasteiger partial charge on any atom is 0.136 e. The van der Waals surface area contributed by atoms with Crippen LogP contribution in [0, 0.1) is 25.7 Å². The van der Waals surface area contributed by atoms with E-state index in [-0.39, 0.29) is 34.2 Å². The van der Waals surface area contributed by atoms with E-state index in [0.29, 0.717) is 17.2 Å². The highest BCUT2D eigenvalue weighted by Gasteiger charge is 2.52. The van der Waals surface area contributed by atoms with Crippen molar-refractivity contribution in [2.75, 3.05) is 0 Å². The van der Waals surface area contributed by atoms with Gasteiger partial charge in [-0.25, -0.2) is 0 Å². The van der Waals surface area contributed by atoms with E-state index in [0.717, 1.165) is 35.3 Å². The van der Waals surface area contributed by atoms with E-state index in [1.807, 2.05) is 54.2 Å². The highest BCUT2D eigenvalue weighted by Crippen LogP contribution is 2.54. The van der Waals surface area contributed by atoms with Crippen molar-refractivity contribution in [3.05, 3.63) is 130 Å². The smallest absolute Gasteiger partial charge is 0.136 e. The summed E-state index contributed by atoms with van der Waals surface area (Å²) in [6.45, 7) is 6.35. The van der Waals surface area contributed by atoms with Crippen LogP contribution >= 0.6 is 23.4 Å². The molecule has 4 aromatic carbocycles. The number of carbonyl (C=O) groups excluding carboxylic acids is 1. The molecule has 6 rings (SSSR count). The lowest BCUT2D eigenvalue weighted by molar-refractivity contribution is -0.128. The average molecular weight is 627 g/mol. The van der Waals surface area contributed by atoms with E-state index in [1.165, 1.54) is 21.6 Å². The molecule has 4 aromatic rings. The highest BCUT2D eigenvalue weighted by atomic mass is 35.5. The van der Waals surface area contributed by atoms with E-state index < -0.39 is 10.8 Å². The van der Waals surface area contributed by atoms with Crippen molar-refractivity contribution in [3.8, 4) is 0 Å².